The van der Waals surface area contributed by atoms with Crippen molar-refractivity contribution in [1.29, 1.82) is 0 Å². The first-order valence-electron chi connectivity index (χ1n) is 5.91. The van der Waals surface area contributed by atoms with Crippen LogP contribution in [0.2, 0.25) is 0 Å². The van der Waals surface area contributed by atoms with E-state index < -0.39 is 0 Å². The minimum absolute atomic E-state index is 0.454. The van der Waals surface area contributed by atoms with Gasteiger partial charge in [0.1, 0.15) is 5.82 Å². The van der Waals surface area contributed by atoms with Crippen LogP contribution in [0, 0.1) is 5.92 Å². The zero-order valence-corrected chi connectivity index (χ0v) is 10.0. The molecular formula is C12H19N3O. The van der Waals surface area contributed by atoms with E-state index in [2.05, 4.69) is 21.8 Å². The van der Waals surface area contributed by atoms with E-state index in [-0.39, 0.29) is 0 Å². The summed E-state index contributed by atoms with van der Waals surface area (Å²) < 4.78 is 5.05. The smallest absolute Gasteiger partial charge is 0.318 e. The van der Waals surface area contributed by atoms with Crippen LogP contribution in [-0.4, -0.2) is 30.2 Å². The molecule has 0 radical (unpaired) electrons. The fourth-order valence-electron chi connectivity index (χ4n) is 2.10. The molecule has 0 aliphatic carbocycles. The Kier molecular flexibility index (Phi) is 3.59. The van der Waals surface area contributed by atoms with Crippen molar-refractivity contribution < 1.29 is 4.74 Å². The molecule has 1 unspecified atom stereocenters. The van der Waals surface area contributed by atoms with E-state index in [4.69, 9.17) is 4.74 Å². The number of aromatic nitrogens is 2. The quantitative estimate of drug-likeness (QED) is 0.766. The molecule has 1 atom stereocenters. The Bertz CT molecular complexity index is 343. The molecule has 1 aromatic rings. The average Bonchev–Trinajstić information content (AvgIpc) is 2.54. The normalized spacial score (nSPS) is 21.6. The second kappa shape index (κ2) is 5.14. The van der Waals surface area contributed by atoms with E-state index in [1.165, 1.54) is 19.3 Å². The fourth-order valence-corrected chi connectivity index (χ4v) is 2.10. The number of methoxy groups -OCH3 is 1. The van der Waals surface area contributed by atoms with Gasteiger partial charge in [-0.05, 0) is 31.2 Å². The number of ether oxygens (including phenoxy) is 1. The topological polar surface area (TPSA) is 38.2 Å². The standard InChI is InChI=1S/C12H19N3O/c1-10-4-3-8-15(9-6-10)11-5-7-13-12(14-11)16-2/h5,7,10H,3-4,6,8-9H2,1-2H3. The highest BCUT2D eigenvalue weighted by molar-refractivity contribution is 5.38. The van der Waals surface area contributed by atoms with Gasteiger partial charge in [-0.25, -0.2) is 4.98 Å². The molecule has 0 bridgehead atoms. The van der Waals surface area contributed by atoms with E-state index in [0.717, 1.165) is 24.8 Å². The third kappa shape index (κ3) is 2.62. The Labute approximate surface area is 96.7 Å². The number of hydrogen-bond donors (Lipinski definition) is 0. The molecule has 2 rings (SSSR count). The molecule has 4 nitrogen and oxygen atoms in total. The zero-order valence-electron chi connectivity index (χ0n) is 10.0. The van der Waals surface area contributed by atoms with Crippen molar-refractivity contribution in [2.24, 2.45) is 5.92 Å². The number of hydrogen-bond acceptors (Lipinski definition) is 4. The fraction of sp³-hybridized carbons (Fsp3) is 0.667. The van der Waals surface area contributed by atoms with Crippen LogP contribution in [0.4, 0.5) is 5.82 Å². The predicted octanol–water partition coefficient (Wildman–Crippen LogP) is 2.11. The van der Waals surface area contributed by atoms with Gasteiger partial charge in [0.15, 0.2) is 0 Å². The van der Waals surface area contributed by atoms with Gasteiger partial charge in [0.2, 0.25) is 0 Å². The molecule has 2 heterocycles. The van der Waals surface area contributed by atoms with Crippen LogP contribution in [-0.2, 0) is 0 Å². The van der Waals surface area contributed by atoms with Gasteiger partial charge >= 0.3 is 6.01 Å². The summed E-state index contributed by atoms with van der Waals surface area (Å²) in [6, 6.07) is 2.41. The van der Waals surface area contributed by atoms with E-state index in [1.54, 1.807) is 13.3 Å². The minimum Gasteiger partial charge on any atom is -0.467 e. The summed E-state index contributed by atoms with van der Waals surface area (Å²) in [5, 5.41) is 0. The number of nitrogens with zero attached hydrogens (tertiary/aromatic N) is 3. The molecule has 1 aliphatic heterocycles. The lowest BCUT2D eigenvalue weighted by Crippen LogP contribution is -2.25. The monoisotopic (exact) mass is 221 g/mol. The van der Waals surface area contributed by atoms with Crippen LogP contribution in [0.3, 0.4) is 0 Å². The van der Waals surface area contributed by atoms with Crippen LogP contribution >= 0.6 is 0 Å². The molecule has 1 fully saturated rings. The first-order chi connectivity index (χ1) is 7.79. The Hall–Kier alpha value is -1.32. The summed E-state index contributed by atoms with van der Waals surface area (Å²) in [4.78, 5) is 10.7. The van der Waals surface area contributed by atoms with Crippen LogP contribution in [0.5, 0.6) is 6.01 Å². The summed E-state index contributed by atoms with van der Waals surface area (Å²) in [5.74, 6) is 1.81. The first kappa shape index (κ1) is 11.2. The lowest BCUT2D eigenvalue weighted by atomic mass is 10.0. The molecule has 0 saturated carbocycles. The molecular weight excluding hydrogens is 202 g/mol. The molecule has 0 amide bonds. The number of rotatable bonds is 2. The van der Waals surface area contributed by atoms with E-state index in [1.807, 2.05) is 6.07 Å². The van der Waals surface area contributed by atoms with Gasteiger partial charge in [-0.15, -0.1) is 0 Å². The Morgan fingerprint density at radius 1 is 1.38 bits per heavy atom. The van der Waals surface area contributed by atoms with Crippen LogP contribution in [0.25, 0.3) is 0 Å². The highest BCUT2D eigenvalue weighted by Gasteiger charge is 2.15. The molecule has 1 saturated heterocycles. The van der Waals surface area contributed by atoms with Crippen molar-refractivity contribution in [3.63, 3.8) is 0 Å². The molecule has 0 aromatic carbocycles. The average molecular weight is 221 g/mol. The van der Waals surface area contributed by atoms with Crippen molar-refractivity contribution in [2.75, 3.05) is 25.1 Å². The maximum absolute atomic E-state index is 5.05. The van der Waals surface area contributed by atoms with Crippen molar-refractivity contribution in [3.8, 4) is 6.01 Å². The van der Waals surface area contributed by atoms with Gasteiger partial charge in [0.05, 0.1) is 7.11 Å². The number of anilines is 1. The predicted molar refractivity (Wildman–Crippen MR) is 63.8 cm³/mol. The second-order valence-corrected chi connectivity index (χ2v) is 4.42. The van der Waals surface area contributed by atoms with Gasteiger partial charge < -0.3 is 9.64 Å². The largest absolute Gasteiger partial charge is 0.467 e. The SMILES string of the molecule is COc1nccc(N2CCCC(C)CC2)n1. The van der Waals surface area contributed by atoms with Crippen molar-refractivity contribution >= 4 is 5.82 Å². The highest BCUT2D eigenvalue weighted by atomic mass is 16.5. The van der Waals surface area contributed by atoms with Crippen molar-refractivity contribution in [2.45, 2.75) is 26.2 Å². The van der Waals surface area contributed by atoms with Crippen LogP contribution in [0.15, 0.2) is 12.3 Å². The van der Waals surface area contributed by atoms with Crippen molar-refractivity contribution in [3.05, 3.63) is 12.3 Å². The van der Waals surface area contributed by atoms with Gasteiger partial charge in [0, 0.05) is 19.3 Å². The second-order valence-electron chi connectivity index (χ2n) is 4.42. The molecule has 88 valence electrons. The molecule has 1 aliphatic rings. The molecule has 1 aromatic heterocycles. The minimum atomic E-state index is 0.454. The molecule has 4 heteroatoms. The Morgan fingerprint density at radius 3 is 3.06 bits per heavy atom. The zero-order chi connectivity index (χ0) is 11.4. The lowest BCUT2D eigenvalue weighted by molar-refractivity contribution is 0.379. The first-order valence-corrected chi connectivity index (χ1v) is 5.91. The highest BCUT2D eigenvalue weighted by Crippen LogP contribution is 2.21. The Balaban J connectivity index is 2.10. The van der Waals surface area contributed by atoms with Gasteiger partial charge in [0.25, 0.3) is 0 Å². The van der Waals surface area contributed by atoms with E-state index >= 15 is 0 Å². The van der Waals surface area contributed by atoms with Gasteiger partial charge in [-0.2, -0.15) is 4.98 Å². The third-order valence-corrected chi connectivity index (χ3v) is 3.14. The van der Waals surface area contributed by atoms with Crippen LogP contribution in [0.1, 0.15) is 26.2 Å². The van der Waals surface area contributed by atoms with Crippen molar-refractivity contribution in [1.82, 2.24) is 9.97 Å². The van der Waals surface area contributed by atoms with Crippen LogP contribution < -0.4 is 9.64 Å². The summed E-state index contributed by atoms with van der Waals surface area (Å²) >= 11 is 0. The molecule has 0 N–H and O–H groups in total. The van der Waals surface area contributed by atoms with Gasteiger partial charge in [-0.3, -0.25) is 0 Å². The summed E-state index contributed by atoms with van der Waals surface area (Å²) in [7, 11) is 1.60. The summed E-state index contributed by atoms with van der Waals surface area (Å²) in [5.41, 5.74) is 0. The summed E-state index contributed by atoms with van der Waals surface area (Å²) in [6.07, 6.45) is 5.56. The van der Waals surface area contributed by atoms with Gasteiger partial charge in [-0.1, -0.05) is 6.92 Å². The third-order valence-electron chi connectivity index (χ3n) is 3.14. The maximum atomic E-state index is 5.05. The van der Waals surface area contributed by atoms with E-state index in [0.29, 0.717) is 6.01 Å². The Morgan fingerprint density at radius 2 is 2.25 bits per heavy atom. The van der Waals surface area contributed by atoms with E-state index in [9.17, 15) is 0 Å². The maximum Gasteiger partial charge on any atom is 0.318 e. The molecule has 16 heavy (non-hydrogen) atoms. The lowest BCUT2D eigenvalue weighted by Gasteiger charge is -2.21. The summed E-state index contributed by atoms with van der Waals surface area (Å²) in [6.45, 7) is 4.50. The molecule has 0 spiro atoms.